The van der Waals surface area contributed by atoms with E-state index in [1.54, 1.807) is 7.11 Å². The smallest absolute Gasteiger partial charge is 0.284 e. The highest BCUT2D eigenvalue weighted by atomic mass is 16.5. The maximum absolute atomic E-state index is 13.7. The number of imidazole rings is 1. The van der Waals surface area contributed by atoms with Gasteiger partial charge in [-0.25, -0.2) is 14.5 Å². The van der Waals surface area contributed by atoms with Gasteiger partial charge >= 0.3 is 0 Å². The lowest BCUT2D eigenvalue weighted by Crippen LogP contribution is -2.21. The highest BCUT2D eigenvalue weighted by Gasteiger charge is 2.23. The number of aromatic amines is 1. The topological polar surface area (TPSA) is 97.4 Å². The molecule has 0 atom stereocenters. The number of aliphatic hydroxyl groups excluding tert-OH is 1. The number of fused-ring (bicyclic) bond motifs is 2. The molecule has 162 valence electrons. The summed E-state index contributed by atoms with van der Waals surface area (Å²) in [5, 5.41) is 12.9. The van der Waals surface area contributed by atoms with E-state index in [1.807, 2.05) is 66.9 Å². The molecule has 32 heavy (non-hydrogen) atoms. The number of aromatic nitrogens is 5. The van der Waals surface area contributed by atoms with Crippen molar-refractivity contribution in [3.05, 3.63) is 70.3 Å². The molecule has 0 aliphatic carbocycles. The zero-order chi connectivity index (χ0) is 22.4. The van der Waals surface area contributed by atoms with Crippen molar-refractivity contribution in [1.29, 1.82) is 0 Å². The fourth-order valence-corrected chi connectivity index (χ4v) is 4.30. The molecular formula is C24H23N5O3. The number of aliphatic hydroxyl groups is 1. The van der Waals surface area contributed by atoms with Gasteiger partial charge in [-0.2, -0.15) is 0 Å². The van der Waals surface area contributed by atoms with Crippen molar-refractivity contribution in [2.24, 2.45) is 0 Å². The molecule has 0 spiro atoms. The zero-order valence-corrected chi connectivity index (χ0v) is 18.1. The molecule has 0 aliphatic rings. The summed E-state index contributed by atoms with van der Waals surface area (Å²) in [5.41, 5.74) is 5.43. The molecule has 0 unspecified atom stereocenters. The van der Waals surface area contributed by atoms with Crippen LogP contribution in [0.4, 0.5) is 0 Å². The van der Waals surface area contributed by atoms with Crippen molar-refractivity contribution in [3.8, 4) is 28.3 Å². The first-order valence-electron chi connectivity index (χ1n) is 10.4. The maximum atomic E-state index is 13.7. The van der Waals surface area contributed by atoms with Crippen LogP contribution in [0.25, 0.3) is 39.2 Å². The number of ether oxygens (including phenoxy) is 1. The van der Waals surface area contributed by atoms with Crippen molar-refractivity contribution >= 4 is 16.7 Å². The number of hydrogen-bond donors (Lipinski definition) is 2. The second-order valence-electron chi connectivity index (χ2n) is 7.65. The van der Waals surface area contributed by atoms with Gasteiger partial charge in [0.1, 0.15) is 22.7 Å². The first kappa shape index (κ1) is 20.0. The standard InChI is InChI=1S/C24H23N5O3/c1-14-20(22-26-21-17(28(22)12-13-30)10-7-11-18(21)32-3)24(31)29-23(25-14)19(15(2)27-29)16-8-5-4-6-9-16/h4-11,27,30H,12-13H2,1-3H3. The molecule has 8 heteroatoms. The van der Waals surface area contributed by atoms with E-state index in [2.05, 4.69) is 5.10 Å². The fraction of sp³-hybridized carbons (Fsp3) is 0.208. The van der Waals surface area contributed by atoms with E-state index < -0.39 is 0 Å². The number of H-pyrrole nitrogens is 1. The van der Waals surface area contributed by atoms with Crippen molar-refractivity contribution in [2.75, 3.05) is 13.7 Å². The van der Waals surface area contributed by atoms with Crippen molar-refractivity contribution < 1.29 is 9.84 Å². The van der Waals surface area contributed by atoms with E-state index in [4.69, 9.17) is 14.7 Å². The van der Waals surface area contributed by atoms with Crippen LogP contribution in [-0.4, -0.2) is 43.0 Å². The number of hydrogen-bond acceptors (Lipinski definition) is 5. The second-order valence-corrected chi connectivity index (χ2v) is 7.65. The molecule has 0 aliphatic heterocycles. The number of nitrogens with zero attached hydrogens (tertiary/aromatic N) is 4. The van der Waals surface area contributed by atoms with Gasteiger partial charge in [0.05, 0.1) is 24.9 Å². The third-order valence-electron chi connectivity index (χ3n) is 5.71. The molecule has 0 bridgehead atoms. The number of rotatable bonds is 5. The van der Waals surface area contributed by atoms with Gasteiger partial charge in [-0.3, -0.25) is 9.89 Å². The van der Waals surface area contributed by atoms with Crippen LogP contribution in [0.5, 0.6) is 5.75 Å². The average Bonchev–Trinajstić information content (AvgIpc) is 3.32. The second kappa shape index (κ2) is 7.65. The lowest BCUT2D eigenvalue weighted by molar-refractivity contribution is 0.278. The lowest BCUT2D eigenvalue weighted by Gasteiger charge is -2.09. The Bertz CT molecular complexity index is 1510. The fourth-order valence-electron chi connectivity index (χ4n) is 4.30. The van der Waals surface area contributed by atoms with Crippen LogP contribution in [0, 0.1) is 13.8 Å². The first-order valence-corrected chi connectivity index (χ1v) is 10.4. The quantitative estimate of drug-likeness (QED) is 0.447. The Morgan fingerprint density at radius 1 is 1.03 bits per heavy atom. The number of nitrogens with one attached hydrogen (secondary N) is 1. The summed E-state index contributed by atoms with van der Waals surface area (Å²) in [6, 6.07) is 15.5. The van der Waals surface area contributed by atoms with Crippen LogP contribution in [0.15, 0.2) is 53.3 Å². The highest BCUT2D eigenvalue weighted by molar-refractivity contribution is 5.87. The van der Waals surface area contributed by atoms with Crippen LogP contribution in [0.2, 0.25) is 0 Å². The summed E-state index contributed by atoms with van der Waals surface area (Å²) < 4.78 is 8.77. The van der Waals surface area contributed by atoms with Gasteiger partial charge < -0.3 is 14.4 Å². The maximum Gasteiger partial charge on any atom is 0.284 e. The van der Waals surface area contributed by atoms with Gasteiger partial charge in [0.2, 0.25) is 0 Å². The molecule has 2 N–H and O–H groups in total. The summed E-state index contributed by atoms with van der Waals surface area (Å²) in [6.45, 7) is 3.94. The third kappa shape index (κ3) is 2.91. The van der Waals surface area contributed by atoms with E-state index in [9.17, 15) is 9.90 Å². The highest BCUT2D eigenvalue weighted by Crippen LogP contribution is 2.32. The SMILES string of the molecule is COc1cccc2c1nc(-c1c(C)nc3c(-c4ccccc4)c(C)[nH]n3c1=O)n2CCO. The zero-order valence-electron chi connectivity index (χ0n) is 18.1. The Balaban J connectivity index is 1.82. The minimum atomic E-state index is -0.244. The van der Waals surface area contributed by atoms with E-state index in [1.165, 1.54) is 4.52 Å². The van der Waals surface area contributed by atoms with Gasteiger partial charge in [-0.05, 0) is 31.5 Å². The van der Waals surface area contributed by atoms with Crippen molar-refractivity contribution in [2.45, 2.75) is 20.4 Å². The Labute approximate surface area is 183 Å². The molecule has 8 nitrogen and oxygen atoms in total. The lowest BCUT2D eigenvalue weighted by atomic mass is 10.1. The van der Waals surface area contributed by atoms with Gasteiger partial charge in [-0.15, -0.1) is 0 Å². The van der Waals surface area contributed by atoms with Crippen molar-refractivity contribution in [3.63, 3.8) is 0 Å². The molecule has 0 fully saturated rings. The Kier molecular flexibility index (Phi) is 4.79. The Hall–Kier alpha value is -3.91. The van der Waals surface area contributed by atoms with Gasteiger partial charge in [0, 0.05) is 17.8 Å². The molecule has 0 saturated heterocycles. The first-order chi connectivity index (χ1) is 15.5. The van der Waals surface area contributed by atoms with Crippen LogP contribution in [0.3, 0.4) is 0 Å². The molecule has 5 rings (SSSR count). The summed E-state index contributed by atoms with van der Waals surface area (Å²) in [7, 11) is 1.58. The van der Waals surface area contributed by atoms with Gasteiger partial charge in [0.25, 0.3) is 5.56 Å². The minimum absolute atomic E-state index is 0.0918. The van der Waals surface area contributed by atoms with Crippen LogP contribution >= 0.6 is 0 Å². The minimum Gasteiger partial charge on any atom is -0.494 e. The summed E-state index contributed by atoms with van der Waals surface area (Å²) in [4.78, 5) is 23.2. The normalized spacial score (nSPS) is 11.5. The van der Waals surface area contributed by atoms with Crippen LogP contribution in [0.1, 0.15) is 11.4 Å². The van der Waals surface area contributed by atoms with Crippen LogP contribution in [-0.2, 0) is 6.54 Å². The largest absolute Gasteiger partial charge is 0.494 e. The number of methoxy groups -OCH3 is 1. The number of benzene rings is 2. The van der Waals surface area contributed by atoms with Gasteiger partial charge in [0.15, 0.2) is 5.65 Å². The molecule has 3 heterocycles. The van der Waals surface area contributed by atoms with E-state index >= 15 is 0 Å². The monoisotopic (exact) mass is 429 g/mol. The molecule has 0 amide bonds. The average molecular weight is 429 g/mol. The molecule has 0 saturated carbocycles. The Morgan fingerprint density at radius 3 is 2.53 bits per heavy atom. The van der Waals surface area contributed by atoms with Gasteiger partial charge in [-0.1, -0.05) is 36.4 Å². The van der Waals surface area contributed by atoms with E-state index in [0.29, 0.717) is 40.5 Å². The number of para-hydroxylation sites is 1. The summed E-state index contributed by atoms with van der Waals surface area (Å²) >= 11 is 0. The molecule has 0 radical (unpaired) electrons. The van der Waals surface area contributed by atoms with E-state index in [-0.39, 0.29) is 12.2 Å². The molecule has 2 aromatic carbocycles. The number of aryl methyl sites for hydroxylation is 2. The third-order valence-corrected chi connectivity index (χ3v) is 5.71. The van der Waals surface area contributed by atoms with Crippen molar-refractivity contribution in [1.82, 2.24) is 24.1 Å². The van der Waals surface area contributed by atoms with E-state index in [0.717, 1.165) is 22.3 Å². The summed E-state index contributed by atoms with van der Waals surface area (Å²) in [5.74, 6) is 1.06. The molecular weight excluding hydrogens is 406 g/mol. The predicted octanol–water partition coefficient (Wildman–Crippen LogP) is 3.32. The predicted molar refractivity (Wildman–Crippen MR) is 123 cm³/mol. The summed E-state index contributed by atoms with van der Waals surface area (Å²) in [6.07, 6.45) is 0. The van der Waals surface area contributed by atoms with Crippen LogP contribution < -0.4 is 10.3 Å². The molecule has 5 aromatic rings. The molecule has 3 aromatic heterocycles. The Morgan fingerprint density at radius 2 is 1.81 bits per heavy atom.